The highest BCUT2D eigenvalue weighted by atomic mass is 35.5. The Hall–Kier alpha value is -3.16. The zero-order valence-electron chi connectivity index (χ0n) is 15.7. The van der Waals surface area contributed by atoms with Crippen molar-refractivity contribution in [3.8, 4) is 10.9 Å². The number of halogens is 1. The van der Waals surface area contributed by atoms with Gasteiger partial charge in [0.15, 0.2) is 0 Å². The molecule has 6 nitrogen and oxygen atoms in total. The van der Waals surface area contributed by atoms with Crippen molar-refractivity contribution in [3.05, 3.63) is 70.9 Å². The van der Waals surface area contributed by atoms with Crippen LogP contribution in [0.5, 0.6) is 5.75 Å². The van der Waals surface area contributed by atoms with Gasteiger partial charge in [-0.05, 0) is 36.8 Å². The molecule has 0 bridgehead atoms. The average Bonchev–Trinajstić information content (AvgIpc) is 3.29. The van der Waals surface area contributed by atoms with Crippen molar-refractivity contribution in [1.82, 2.24) is 14.8 Å². The normalized spacial score (nSPS) is 11.3. The molecule has 0 unspecified atom stereocenters. The van der Waals surface area contributed by atoms with Gasteiger partial charge in [-0.2, -0.15) is 9.78 Å². The Morgan fingerprint density at radius 1 is 1.24 bits per heavy atom. The summed E-state index contributed by atoms with van der Waals surface area (Å²) in [6, 6.07) is 14.8. The van der Waals surface area contributed by atoms with Crippen molar-refractivity contribution in [2.75, 3.05) is 12.4 Å². The number of carbonyl (C=O) groups excluding carboxylic acids is 1. The number of nitrogens with one attached hydrogen (secondary N) is 1. The summed E-state index contributed by atoms with van der Waals surface area (Å²) < 4.78 is 7.89. The van der Waals surface area contributed by atoms with E-state index in [2.05, 4.69) is 15.4 Å². The summed E-state index contributed by atoms with van der Waals surface area (Å²) >= 11 is 7.61. The largest absolute Gasteiger partial charge is 0.497 e. The SMILES string of the molecule is COc1ccc2sc(-n3nc(C)cc3NC(=O)/C=C/c3ccccc3Cl)nc2c1. The molecule has 0 saturated heterocycles. The van der Waals surface area contributed by atoms with Crippen LogP contribution in [0.25, 0.3) is 21.4 Å². The van der Waals surface area contributed by atoms with Crippen molar-refractivity contribution >= 4 is 51.0 Å². The Morgan fingerprint density at radius 3 is 2.86 bits per heavy atom. The first-order valence-electron chi connectivity index (χ1n) is 8.79. The molecule has 0 fully saturated rings. The molecule has 1 amide bonds. The minimum absolute atomic E-state index is 0.283. The molecule has 0 saturated carbocycles. The first kappa shape index (κ1) is 19.2. The number of methoxy groups -OCH3 is 1. The van der Waals surface area contributed by atoms with Crippen molar-refractivity contribution in [2.45, 2.75) is 6.92 Å². The van der Waals surface area contributed by atoms with Gasteiger partial charge in [-0.3, -0.25) is 4.79 Å². The second kappa shape index (κ2) is 8.06. The lowest BCUT2D eigenvalue weighted by atomic mass is 10.2. The number of aromatic nitrogens is 3. The summed E-state index contributed by atoms with van der Waals surface area (Å²) in [6.45, 7) is 1.86. The number of hydrogen-bond donors (Lipinski definition) is 1. The predicted molar refractivity (Wildman–Crippen MR) is 117 cm³/mol. The Balaban J connectivity index is 1.60. The van der Waals surface area contributed by atoms with E-state index in [1.807, 2.05) is 43.3 Å². The van der Waals surface area contributed by atoms with E-state index in [-0.39, 0.29) is 5.91 Å². The maximum absolute atomic E-state index is 12.4. The van der Waals surface area contributed by atoms with E-state index < -0.39 is 0 Å². The summed E-state index contributed by atoms with van der Waals surface area (Å²) in [6.07, 6.45) is 3.12. The smallest absolute Gasteiger partial charge is 0.249 e. The molecule has 8 heteroatoms. The first-order valence-corrected chi connectivity index (χ1v) is 9.98. The van der Waals surface area contributed by atoms with Crippen molar-refractivity contribution in [2.24, 2.45) is 0 Å². The van der Waals surface area contributed by atoms with Crippen LogP contribution in [-0.2, 0) is 4.79 Å². The van der Waals surface area contributed by atoms with Crippen LogP contribution in [0.2, 0.25) is 5.02 Å². The molecule has 4 rings (SSSR count). The van der Waals surface area contributed by atoms with Crippen LogP contribution >= 0.6 is 22.9 Å². The zero-order chi connectivity index (χ0) is 20.4. The Morgan fingerprint density at radius 2 is 2.07 bits per heavy atom. The van der Waals surface area contributed by atoms with Gasteiger partial charge in [-0.25, -0.2) is 4.98 Å². The standard InChI is InChI=1S/C21H17ClN4O2S/c1-13-11-19(24-20(27)10-7-14-5-3-4-6-16(14)22)26(25-13)21-23-17-12-15(28-2)8-9-18(17)29-21/h3-12H,1-2H3,(H,24,27)/b10-7+. The van der Waals surface area contributed by atoms with Crippen LogP contribution in [0.3, 0.4) is 0 Å². The lowest BCUT2D eigenvalue weighted by molar-refractivity contribution is -0.111. The van der Waals surface area contributed by atoms with Crippen LogP contribution < -0.4 is 10.1 Å². The van der Waals surface area contributed by atoms with Crippen LogP contribution in [0, 0.1) is 6.92 Å². The fraction of sp³-hybridized carbons (Fsp3) is 0.0952. The Labute approximate surface area is 176 Å². The van der Waals surface area contributed by atoms with Crippen LogP contribution in [-0.4, -0.2) is 27.8 Å². The summed E-state index contributed by atoms with van der Waals surface area (Å²) in [7, 11) is 1.62. The third-order valence-electron chi connectivity index (χ3n) is 4.17. The van der Waals surface area contributed by atoms with E-state index >= 15 is 0 Å². The molecule has 2 aromatic heterocycles. The molecule has 2 heterocycles. The van der Waals surface area contributed by atoms with Crippen molar-refractivity contribution < 1.29 is 9.53 Å². The molecule has 1 N–H and O–H groups in total. The molecule has 29 heavy (non-hydrogen) atoms. The minimum atomic E-state index is -0.283. The van der Waals surface area contributed by atoms with Gasteiger partial charge in [0, 0.05) is 23.2 Å². The van der Waals surface area contributed by atoms with Crippen LogP contribution in [0.4, 0.5) is 5.82 Å². The molecule has 0 atom stereocenters. The number of ether oxygens (including phenoxy) is 1. The highest BCUT2D eigenvalue weighted by Gasteiger charge is 2.14. The molecule has 4 aromatic rings. The van der Waals surface area contributed by atoms with E-state index in [9.17, 15) is 4.79 Å². The van der Waals surface area contributed by atoms with Gasteiger partial charge < -0.3 is 10.1 Å². The average molecular weight is 425 g/mol. The quantitative estimate of drug-likeness (QED) is 0.452. The lowest BCUT2D eigenvalue weighted by Crippen LogP contribution is -2.12. The van der Waals surface area contributed by atoms with E-state index in [4.69, 9.17) is 16.3 Å². The number of amides is 1. The van der Waals surface area contributed by atoms with E-state index in [1.54, 1.807) is 30.0 Å². The lowest BCUT2D eigenvalue weighted by Gasteiger charge is -2.04. The number of carbonyl (C=O) groups is 1. The summed E-state index contributed by atoms with van der Waals surface area (Å²) in [5, 5.41) is 8.58. The van der Waals surface area contributed by atoms with Gasteiger partial charge in [0.1, 0.15) is 11.6 Å². The van der Waals surface area contributed by atoms with Crippen LogP contribution in [0.15, 0.2) is 54.6 Å². The maximum Gasteiger partial charge on any atom is 0.249 e. The van der Waals surface area contributed by atoms with E-state index in [1.165, 1.54) is 17.4 Å². The third-order valence-corrected chi connectivity index (χ3v) is 5.52. The van der Waals surface area contributed by atoms with Crippen molar-refractivity contribution in [3.63, 3.8) is 0 Å². The van der Waals surface area contributed by atoms with Crippen LogP contribution in [0.1, 0.15) is 11.3 Å². The molecule has 2 aromatic carbocycles. The molecule has 0 spiro atoms. The molecule has 0 radical (unpaired) electrons. The Kier molecular flexibility index (Phi) is 5.33. The second-order valence-electron chi connectivity index (χ2n) is 6.26. The van der Waals surface area contributed by atoms with Gasteiger partial charge in [-0.1, -0.05) is 41.1 Å². The summed E-state index contributed by atoms with van der Waals surface area (Å²) in [5.74, 6) is 1.00. The van der Waals surface area contributed by atoms with E-state index in [0.717, 1.165) is 27.2 Å². The third kappa shape index (κ3) is 4.16. The highest BCUT2D eigenvalue weighted by Crippen LogP contribution is 2.29. The molecular weight excluding hydrogens is 408 g/mol. The summed E-state index contributed by atoms with van der Waals surface area (Å²) in [5.41, 5.74) is 2.36. The van der Waals surface area contributed by atoms with Gasteiger partial charge in [-0.15, -0.1) is 0 Å². The molecule has 0 aliphatic heterocycles. The number of nitrogens with zero attached hydrogens (tertiary/aromatic N) is 3. The van der Waals surface area contributed by atoms with Gasteiger partial charge >= 0.3 is 0 Å². The minimum Gasteiger partial charge on any atom is -0.497 e. The maximum atomic E-state index is 12.4. The number of fused-ring (bicyclic) bond motifs is 1. The second-order valence-corrected chi connectivity index (χ2v) is 7.67. The predicted octanol–water partition coefficient (Wildman–Crippen LogP) is 5.10. The number of anilines is 1. The number of thiazole rings is 1. The number of benzene rings is 2. The summed E-state index contributed by atoms with van der Waals surface area (Å²) in [4.78, 5) is 17.1. The van der Waals surface area contributed by atoms with Gasteiger partial charge in [0.25, 0.3) is 0 Å². The fourth-order valence-electron chi connectivity index (χ4n) is 2.79. The van der Waals surface area contributed by atoms with Gasteiger partial charge in [0.05, 0.1) is 23.0 Å². The highest BCUT2D eigenvalue weighted by molar-refractivity contribution is 7.20. The van der Waals surface area contributed by atoms with Crippen molar-refractivity contribution in [1.29, 1.82) is 0 Å². The number of hydrogen-bond acceptors (Lipinski definition) is 5. The number of rotatable bonds is 5. The number of aryl methyl sites for hydroxylation is 1. The first-order chi connectivity index (χ1) is 14.0. The molecule has 0 aliphatic rings. The topological polar surface area (TPSA) is 69.0 Å². The van der Waals surface area contributed by atoms with E-state index in [0.29, 0.717) is 16.0 Å². The van der Waals surface area contributed by atoms with Gasteiger partial charge in [0.2, 0.25) is 11.0 Å². The molecular formula is C21H17ClN4O2S. The zero-order valence-corrected chi connectivity index (χ0v) is 17.3. The fourth-order valence-corrected chi connectivity index (χ4v) is 3.90. The Bertz CT molecular complexity index is 1230. The molecule has 0 aliphatic carbocycles. The molecule has 146 valence electrons. The monoisotopic (exact) mass is 424 g/mol.